The summed E-state index contributed by atoms with van der Waals surface area (Å²) in [5, 5.41) is 0. The molecule has 0 aliphatic heterocycles. The molecule has 0 aliphatic carbocycles. The fourth-order valence-electron chi connectivity index (χ4n) is 0.739. The molecule has 0 heterocycles. The molecule has 0 spiro atoms. The molecule has 0 saturated carbocycles. The highest BCUT2D eigenvalue weighted by atomic mass is 28.4. The standard InChI is InChI=1S/C5H18O7Si3/c1-6-13(7-2)11-15(10-5)12-14(8-3)9-4/h13-15H,1-5H3. The van der Waals surface area contributed by atoms with Crippen LogP contribution < -0.4 is 0 Å². The summed E-state index contributed by atoms with van der Waals surface area (Å²) in [7, 11) is 1.04. The van der Waals surface area contributed by atoms with Crippen molar-refractivity contribution in [3.05, 3.63) is 0 Å². The molecule has 0 aromatic rings. The summed E-state index contributed by atoms with van der Waals surface area (Å²) in [5.74, 6) is 0. The van der Waals surface area contributed by atoms with E-state index >= 15 is 0 Å². The minimum atomic E-state index is -2.28. The lowest BCUT2D eigenvalue weighted by atomic mass is 11.8. The maximum absolute atomic E-state index is 5.40. The first kappa shape index (κ1) is 15.4. The van der Waals surface area contributed by atoms with Gasteiger partial charge in [0.05, 0.1) is 0 Å². The average molecular weight is 274 g/mol. The monoisotopic (exact) mass is 274 g/mol. The zero-order valence-corrected chi connectivity index (χ0v) is 13.1. The second kappa shape index (κ2) is 9.59. The molecule has 15 heavy (non-hydrogen) atoms. The number of hydrogen-bond donors (Lipinski definition) is 0. The van der Waals surface area contributed by atoms with E-state index in [9.17, 15) is 0 Å². The smallest absolute Gasteiger partial charge is 0.380 e. The molecule has 0 rings (SSSR count). The topological polar surface area (TPSA) is 64.6 Å². The summed E-state index contributed by atoms with van der Waals surface area (Å²) in [4.78, 5) is 0. The van der Waals surface area contributed by atoms with Crippen LogP contribution in [0.4, 0.5) is 0 Å². The van der Waals surface area contributed by atoms with Gasteiger partial charge in [0, 0.05) is 35.5 Å². The highest BCUT2D eigenvalue weighted by Crippen LogP contribution is 1.99. The Hall–Kier alpha value is 0.371. The van der Waals surface area contributed by atoms with Gasteiger partial charge in [-0.1, -0.05) is 0 Å². The third-order valence-electron chi connectivity index (χ3n) is 1.41. The Morgan fingerprint density at radius 3 is 0.933 bits per heavy atom. The molecular formula is C5H18O7Si3. The van der Waals surface area contributed by atoms with E-state index in [2.05, 4.69) is 0 Å². The van der Waals surface area contributed by atoms with Crippen molar-refractivity contribution in [1.82, 2.24) is 0 Å². The van der Waals surface area contributed by atoms with Crippen LogP contribution >= 0.6 is 0 Å². The molecule has 0 radical (unpaired) electrons. The number of rotatable bonds is 9. The lowest BCUT2D eigenvalue weighted by molar-refractivity contribution is 0.123. The van der Waals surface area contributed by atoms with Crippen molar-refractivity contribution in [2.45, 2.75) is 0 Å². The molecule has 0 fully saturated rings. The predicted molar refractivity (Wildman–Crippen MR) is 58.7 cm³/mol. The van der Waals surface area contributed by atoms with Crippen molar-refractivity contribution in [2.24, 2.45) is 0 Å². The first-order valence-corrected chi connectivity index (χ1v) is 8.41. The van der Waals surface area contributed by atoms with Gasteiger partial charge in [-0.15, -0.1) is 0 Å². The zero-order chi connectivity index (χ0) is 11.7. The molecule has 0 saturated heterocycles. The Bertz CT molecular complexity index is 129. The fraction of sp³-hybridized carbons (Fsp3) is 1.00. The van der Waals surface area contributed by atoms with Crippen LogP contribution in [0.1, 0.15) is 0 Å². The summed E-state index contributed by atoms with van der Waals surface area (Å²) in [6.45, 7) is 0. The van der Waals surface area contributed by atoms with Gasteiger partial charge in [-0.3, -0.25) is 0 Å². The van der Waals surface area contributed by atoms with Crippen molar-refractivity contribution >= 4 is 28.6 Å². The van der Waals surface area contributed by atoms with Crippen molar-refractivity contribution in [3.63, 3.8) is 0 Å². The molecule has 0 atom stereocenters. The van der Waals surface area contributed by atoms with Gasteiger partial charge in [0.2, 0.25) is 0 Å². The molecule has 0 aliphatic rings. The van der Waals surface area contributed by atoms with E-state index in [4.69, 9.17) is 30.4 Å². The zero-order valence-electron chi connectivity index (χ0n) is 9.59. The number of hydrogen-bond acceptors (Lipinski definition) is 7. The van der Waals surface area contributed by atoms with Crippen LogP contribution in [0.2, 0.25) is 0 Å². The second-order valence-corrected chi connectivity index (χ2v) is 8.58. The van der Waals surface area contributed by atoms with Gasteiger partial charge < -0.3 is 30.4 Å². The van der Waals surface area contributed by atoms with Gasteiger partial charge >= 0.3 is 28.6 Å². The lowest BCUT2D eigenvalue weighted by Crippen LogP contribution is -2.41. The SMILES string of the molecule is CO[SiH](OC)O[SiH](OC)O[SiH](OC)OC. The highest BCUT2D eigenvalue weighted by molar-refractivity contribution is 6.58. The van der Waals surface area contributed by atoms with E-state index in [-0.39, 0.29) is 0 Å². The van der Waals surface area contributed by atoms with Crippen molar-refractivity contribution in [2.75, 3.05) is 35.5 Å². The van der Waals surface area contributed by atoms with Crippen molar-refractivity contribution in [3.8, 4) is 0 Å². The molecule has 7 nitrogen and oxygen atoms in total. The third kappa shape index (κ3) is 6.52. The summed E-state index contributed by atoms with van der Waals surface area (Å²) >= 11 is 0. The van der Waals surface area contributed by atoms with Crippen LogP contribution in [0.5, 0.6) is 0 Å². The Morgan fingerprint density at radius 1 is 0.467 bits per heavy atom. The van der Waals surface area contributed by atoms with Gasteiger partial charge in [-0.2, -0.15) is 0 Å². The average Bonchev–Trinajstić information content (AvgIpc) is 2.30. The maximum atomic E-state index is 5.40. The van der Waals surface area contributed by atoms with Crippen LogP contribution in [-0.2, 0) is 30.4 Å². The second-order valence-electron chi connectivity index (χ2n) is 2.32. The van der Waals surface area contributed by atoms with E-state index < -0.39 is 28.6 Å². The summed E-state index contributed by atoms with van der Waals surface area (Å²) in [6.07, 6.45) is 0. The maximum Gasteiger partial charge on any atom is 0.476 e. The van der Waals surface area contributed by atoms with E-state index in [0.717, 1.165) is 0 Å². The molecule has 0 aromatic heterocycles. The molecular weight excluding hydrogens is 256 g/mol. The van der Waals surface area contributed by atoms with Crippen molar-refractivity contribution < 1.29 is 30.4 Å². The molecule has 0 amide bonds. The normalized spacial score (nSPS) is 12.0. The highest BCUT2D eigenvalue weighted by Gasteiger charge is 2.27. The largest absolute Gasteiger partial charge is 0.476 e. The third-order valence-corrected chi connectivity index (χ3v) is 6.89. The van der Waals surface area contributed by atoms with Crippen LogP contribution in [0.3, 0.4) is 0 Å². The summed E-state index contributed by atoms with van der Waals surface area (Å²) < 4.78 is 35.8. The van der Waals surface area contributed by atoms with Gasteiger partial charge in [-0.25, -0.2) is 0 Å². The lowest BCUT2D eigenvalue weighted by Gasteiger charge is -2.21. The Labute approximate surface area is 95.0 Å². The predicted octanol–water partition coefficient (Wildman–Crippen LogP) is -1.60. The molecule has 10 heteroatoms. The minimum absolute atomic E-state index is 1.50. The molecule has 0 N–H and O–H groups in total. The van der Waals surface area contributed by atoms with Crippen LogP contribution in [-0.4, -0.2) is 64.1 Å². The van der Waals surface area contributed by atoms with Crippen molar-refractivity contribution in [1.29, 1.82) is 0 Å². The van der Waals surface area contributed by atoms with Gasteiger partial charge in [0.25, 0.3) is 0 Å². The van der Waals surface area contributed by atoms with Gasteiger partial charge in [0.15, 0.2) is 0 Å². The molecule has 92 valence electrons. The first-order valence-electron chi connectivity index (χ1n) is 4.16. The quantitative estimate of drug-likeness (QED) is 0.469. The Balaban J connectivity index is 4.00. The van der Waals surface area contributed by atoms with Crippen LogP contribution in [0, 0.1) is 0 Å². The minimum Gasteiger partial charge on any atom is -0.380 e. The van der Waals surface area contributed by atoms with E-state index in [1.54, 1.807) is 0 Å². The molecule has 0 bridgehead atoms. The Morgan fingerprint density at radius 2 is 0.733 bits per heavy atom. The van der Waals surface area contributed by atoms with Gasteiger partial charge in [0.1, 0.15) is 0 Å². The Kier molecular flexibility index (Phi) is 9.82. The molecule has 0 aromatic carbocycles. The molecule has 0 unspecified atom stereocenters. The fourth-order valence-corrected chi connectivity index (χ4v) is 6.08. The van der Waals surface area contributed by atoms with E-state index in [0.29, 0.717) is 0 Å². The summed E-state index contributed by atoms with van der Waals surface area (Å²) in [5.41, 5.74) is 0. The first-order chi connectivity index (χ1) is 7.21. The van der Waals surface area contributed by atoms with Crippen LogP contribution in [0.15, 0.2) is 0 Å². The summed E-state index contributed by atoms with van der Waals surface area (Å²) in [6, 6.07) is 0. The van der Waals surface area contributed by atoms with Crippen LogP contribution in [0.25, 0.3) is 0 Å². The van der Waals surface area contributed by atoms with Gasteiger partial charge in [-0.05, 0) is 0 Å². The van der Waals surface area contributed by atoms with E-state index in [1.807, 2.05) is 0 Å². The van der Waals surface area contributed by atoms with E-state index in [1.165, 1.54) is 35.5 Å².